The average molecular weight is 260 g/mol. The summed E-state index contributed by atoms with van der Waals surface area (Å²) in [6, 6.07) is 7.96. The number of carbonyl (C=O) groups is 1. The zero-order valence-corrected chi connectivity index (χ0v) is 11.0. The molecule has 3 rings (SSSR count). The highest BCUT2D eigenvalue weighted by Crippen LogP contribution is 2.42. The molecule has 1 heterocycles. The van der Waals surface area contributed by atoms with Crippen LogP contribution in [0.3, 0.4) is 0 Å². The number of rotatable bonds is 2. The van der Waals surface area contributed by atoms with Gasteiger partial charge in [-0.05, 0) is 25.0 Å². The Balaban J connectivity index is 1.87. The minimum Gasteiger partial charge on any atom is -0.481 e. The lowest BCUT2D eigenvalue weighted by Gasteiger charge is -2.43. The lowest BCUT2D eigenvalue weighted by atomic mass is 9.68. The molecule has 0 aromatic heterocycles. The molecule has 1 aromatic carbocycles. The summed E-state index contributed by atoms with van der Waals surface area (Å²) in [4.78, 5) is 11.8. The number of anilines is 2. The Morgan fingerprint density at radius 3 is 2.53 bits per heavy atom. The molecule has 0 amide bonds. The third-order valence-electron chi connectivity index (χ3n) is 4.59. The highest BCUT2D eigenvalue weighted by atomic mass is 16.4. The van der Waals surface area contributed by atoms with E-state index in [0.29, 0.717) is 6.54 Å². The Morgan fingerprint density at radius 1 is 1.16 bits per heavy atom. The Bertz CT molecular complexity index is 481. The summed E-state index contributed by atoms with van der Waals surface area (Å²) in [7, 11) is 0. The molecule has 1 aliphatic carbocycles. The topological polar surface area (TPSA) is 61.4 Å². The molecule has 2 aliphatic rings. The van der Waals surface area contributed by atoms with Gasteiger partial charge in [0.15, 0.2) is 0 Å². The molecule has 19 heavy (non-hydrogen) atoms. The molecule has 0 saturated heterocycles. The van der Waals surface area contributed by atoms with Gasteiger partial charge in [0.1, 0.15) is 0 Å². The second-order valence-corrected chi connectivity index (χ2v) is 5.65. The number of fused-ring (bicyclic) bond motifs is 1. The first-order chi connectivity index (χ1) is 9.22. The van der Waals surface area contributed by atoms with Crippen LogP contribution in [0.25, 0.3) is 0 Å². The predicted octanol–water partition coefficient (Wildman–Crippen LogP) is 2.93. The first-order valence-electron chi connectivity index (χ1n) is 7.05. The van der Waals surface area contributed by atoms with Crippen LogP contribution in [0, 0.1) is 5.41 Å². The molecule has 1 aromatic rings. The second kappa shape index (κ2) is 4.76. The van der Waals surface area contributed by atoms with Gasteiger partial charge in [0.25, 0.3) is 0 Å². The number of hydrogen-bond acceptors (Lipinski definition) is 3. The van der Waals surface area contributed by atoms with Gasteiger partial charge in [0, 0.05) is 6.54 Å². The lowest BCUT2D eigenvalue weighted by molar-refractivity contribution is -0.152. The van der Waals surface area contributed by atoms with Crippen LogP contribution in [0.2, 0.25) is 0 Å². The van der Waals surface area contributed by atoms with Crippen molar-refractivity contribution in [1.29, 1.82) is 0 Å². The van der Waals surface area contributed by atoms with Crippen molar-refractivity contribution in [3.05, 3.63) is 24.3 Å². The second-order valence-electron chi connectivity index (χ2n) is 5.65. The summed E-state index contributed by atoms with van der Waals surface area (Å²) < 4.78 is 0. The number of carboxylic acid groups (broad SMARTS) is 1. The van der Waals surface area contributed by atoms with Gasteiger partial charge in [0.05, 0.1) is 22.8 Å². The molecule has 0 spiro atoms. The van der Waals surface area contributed by atoms with Gasteiger partial charge in [-0.1, -0.05) is 31.4 Å². The zero-order valence-electron chi connectivity index (χ0n) is 11.0. The SMILES string of the molecule is O=C(O)C1(C2CNc3ccccc3N2)CCCCC1. The standard InChI is InChI=1S/C15H20N2O2/c18-14(19)15(8-4-1-5-9-15)13-10-16-11-6-2-3-7-12(11)17-13/h2-3,6-7,13,16-17H,1,4-5,8-10H2,(H,18,19). The minimum atomic E-state index is -0.647. The zero-order chi connectivity index (χ0) is 13.3. The molecule has 3 N–H and O–H groups in total. The monoisotopic (exact) mass is 260 g/mol. The minimum absolute atomic E-state index is 0.0276. The van der Waals surface area contributed by atoms with Crippen LogP contribution in [-0.4, -0.2) is 23.7 Å². The summed E-state index contributed by atoms with van der Waals surface area (Å²) in [5.41, 5.74) is 1.47. The first-order valence-corrected chi connectivity index (χ1v) is 7.05. The number of carboxylic acids is 1. The van der Waals surface area contributed by atoms with Crippen molar-refractivity contribution in [2.45, 2.75) is 38.1 Å². The van der Waals surface area contributed by atoms with Crippen LogP contribution in [0.15, 0.2) is 24.3 Å². The van der Waals surface area contributed by atoms with Gasteiger partial charge in [-0.15, -0.1) is 0 Å². The normalized spacial score (nSPS) is 24.7. The average Bonchev–Trinajstić information content (AvgIpc) is 2.47. The van der Waals surface area contributed by atoms with Crippen LogP contribution in [0.4, 0.5) is 11.4 Å². The van der Waals surface area contributed by atoms with Crippen molar-refractivity contribution in [3.63, 3.8) is 0 Å². The van der Waals surface area contributed by atoms with Crippen molar-refractivity contribution in [2.24, 2.45) is 5.41 Å². The predicted molar refractivity (Wildman–Crippen MR) is 75.5 cm³/mol. The largest absolute Gasteiger partial charge is 0.481 e. The molecule has 1 unspecified atom stereocenters. The quantitative estimate of drug-likeness (QED) is 0.765. The van der Waals surface area contributed by atoms with E-state index >= 15 is 0 Å². The molecule has 4 nitrogen and oxygen atoms in total. The summed E-state index contributed by atoms with van der Waals surface area (Å²) in [6.07, 6.45) is 4.76. The Labute approximate surface area is 113 Å². The maximum atomic E-state index is 11.8. The van der Waals surface area contributed by atoms with Gasteiger partial charge >= 0.3 is 5.97 Å². The van der Waals surface area contributed by atoms with E-state index < -0.39 is 11.4 Å². The number of para-hydroxylation sites is 2. The Morgan fingerprint density at radius 2 is 1.84 bits per heavy atom. The molecule has 1 atom stereocenters. The van der Waals surface area contributed by atoms with E-state index in [0.717, 1.165) is 43.5 Å². The molecule has 0 radical (unpaired) electrons. The van der Waals surface area contributed by atoms with E-state index in [9.17, 15) is 9.90 Å². The highest BCUT2D eigenvalue weighted by molar-refractivity contribution is 5.79. The number of hydrogen-bond donors (Lipinski definition) is 3. The van der Waals surface area contributed by atoms with Crippen molar-refractivity contribution in [3.8, 4) is 0 Å². The maximum Gasteiger partial charge on any atom is 0.311 e. The summed E-state index contributed by atoms with van der Waals surface area (Å²) >= 11 is 0. The third kappa shape index (κ3) is 2.05. The van der Waals surface area contributed by atoms with Gasteiger partial charge in [0.2, 0.25) is 0 Å². The smallest absolute Gasteiger partial charge is 0.311 e. The molecular formula is C15H20N2O2. The fraction of sp³-hybridized carbons (Fsp3) is 0.533. The summed E-state index contributed by atoms with van der Waals surface area (Å²) in [6.45, 7) is 0.684. The fourth-order valence-corrected chi connectivity index (χ4v) is 3.44. The van der Waals surface area contributed by atoms with Crippen molar-refractivity contribution in [1.82, 2.24) is 0 Å². The molecule has 102 valence electrons. The van der Waals surface area contributed by atoms with E-state index in [1.165, 1.54) is 0 Å². The maximum absolute atomic E-state index is 11.8. The van der Waals surface area contributed by atoms with Crippen molar-refractivity contribution in [2.75, 3.05) is 17.2 Å². The number of nitrogens with one attached hydrogen (secondary N) is 2. The molecule has 1 saturated carbocycles. The van der Waals surface area contributed by atoms with E-state index in [-0.39, 0.29) is 6.04 Å². The van der Waals surface area contributed by atoms with Gasteiger partial charge in [-0.25, -0.2) is 0 Å². The summed E-state index contributed by atoms with van der Waals surface area (Å²) in [5, 5.41) is 16.5. The van der Waals surface area contributed by atoms with Crippen molar-refractivity contribution >= 4 is 17.3 Å². The third-order valence-corrected chi connectivity index (χ3v) is 4.59. The van der Waals surface area contributed by atoms with E-state index in [4.69, 9.17) is 0 Å². The summed E-state index contributed by atoms with van der Waals surface area (Å²) in [5.74, 6) is -0.647. The van der Waals surface area contributed by atoms with Crippen LogP contribution < -0.4 is 10.6 Å². The number of benzene rings is 1. The molecule has 0 bridgehead atoms. The van der Waals surface area contributed by atoms with Crippen LogP contribution in [-0.2, 0) is 4.79 Å². The van der Waals surface area contributed by atoms with Gasteiger partial charge in [-0.3, -0.25) is 4.79 Å². The van der Waals surface area contributed by atoms with Gasteiger partial charge in [-0.2, -0.15) is 0 Å². The molecule has 1 aliphatic heterocycles. The van der Waals surface area contributed by atoms with Crippen LogP contribution in [0.5, 0.6) is 0 Å². The number of aliphatic carboxylic acids is 1. The van der Waals surface area contributed by atoms with Crippen molar-refractivity contribution < 1.29 is 9.90 Å². The van der Waals surface area contributed by atoms with E-state index in [1.54, 1.807) is 0 Å². The van der Waals surface area contributed by atoms with Crippen LogP contribution >= 0.6 is 0 Å². The first kappa shape index (κ1) is 12.3. The van der Waals surface area contributed by atoms with E-state index in [2.05, 4.69) is 10.6 Å². The molecule has 1 fully saturated rings. The molecule has 4 heteroatoms. The highest BCUT2D eigenvalue weighted by Gasteiger charge is 2.47. The lowest BCUT2D eigenvalue weighted by Crippen LogP contribution is -2.52. The van der Waals surface area contributed by atoms with Gasteiger partial charge < -0.3 is 15.7 Å². The fourth-order valence-electron chi connectivity index (χ4n) is 3.44. The van der Waals surface area contributed by atoms with Crippen LogP contribution in [0.1, 0.15) is 32.1 Å². The Hall–Kier alpha value is -1.71. The Kier molecular flexibility index (Phi) is 3.09. The van der Waals surface area contributed by atoms with E-state index in [1.807, 2.05) is 24.3 Å². The molecular weight excluding hydrogens is 240 g/mol.